The van der Waals surface area contributed by atoms with E-state index in [-0.39, 0.29) is 11.7 Å². The zero-order chi connectivity index (χ0) is 16.4. The fraction of sp³-hybridized carbons (Fsp3) is 0.222. The number of ether oxygens (including phenoxy) is 1. The lowest BCUT2D eigenvalue weighted by atomic mass is 10.1. The molecule has 0 spiro atoms. The quantitative estimate of drug-likeness (QED) is 0.813. The molecular weight excluding hydrogens is 297 g/mol. The van der Waals surface area contributed by atoms with E-state index >= 15 is 0 Å². The van der Waals surface area contributed by atoms with E-state index in [4.69, 9.17) is 4.74 Å². The zero-order valence-corrected chi connectivity index (χ0v) is 12.7. The Morgan fingerprint density at radius 3 is 2.61 bits per heavy atom. The van der Waals surface area contributed by atoms with Gasteiger partial charge < -0.3 is 9.64 Å². The molecule has 0 fully saturated rings. The molecule has 0 aliphatic carbocycles. The summed E-state index contributed by atoms with van der Waals surface area (Å²) in [6.07, 6.45) is 0.727. The third-order valence-electron chi connectivity index (χ3n) is 3.85. The van der Waals surface area contributed by atoms with Crippen molar-refractivity contribution in [2.75, 3.05) is 4.90 Å². The highest BCUT2D eigenvalue weighted by atomic mass is 19.1. The molecule has 2 aromatic rings. The number of hydrogen-bond donors (Lipinski definition) is 0. The maximum absolute atomic E-state index is 13.1. The average Bonchev–Trinajstić information content (AvgIpc) is 2.58. The van der Waals surface area contributed by atoms with Crippen LogP contribution >= 0.6 is 0 Å². The number of amides is 1. The SMILES string of the molecule is CCC1Oc2ccc(C=O)cc2N(Cc2ccc(F)cc2)C1=O. The summed E-state index contributed by atoms with van der Waals surface area (Å²) in [5, 5.41) is 0. The van der Waals surface area contributed by atoms with Gasteiger partial charge in [0.1, 0.15) is 17.9 Å². The van der Waals surface area contributed by atoms with E-state index in [0.29, 0.717) is 30.0 Å². The van der Waals surface area contributed by atoms with Crippen LogP contribution in [0.4, 0.5) is 10.1 Å². The van der Waals surface area contributed by atoms with Gasteiger partial charge in [-0.2, -0.15) is 0 Å². The molecule has 0 bridgehead atoms. The number of anilines is 1. The van der Waals surface area contributed by atoms with E-state index in [1.54, 1.807) is 35.2 Å². The molecule has 0 radical (unpaired) electrons. The van der Waals surface area contributed by atoms with Crippen LogP contribution in [0.5, 0.6) is 5.75 Å². The molecule has 5 heteroatoms. The Hall–Kier alpha value is -2.69. The Labute approximate surface area is 133 Å². The molecule has 0 aromatic heterocycles. The van der Waals surface area contributed by atoms with E-state index in [2.05, 4.69) is 0 Å². The van der Waals surface area contributed by atoms with Crippen LogP contribution in [0.15, 0.2) is 42.5 Å². The van der Waals surface area contributed by atoms with Crippen LogP contribution in [0.25, 0.3) is 0 Å². The summed E-state index contributed by atoms with van der Waals surface area (Å²) < 4.78 is 18.8. The molecule has 1 heterocycles. The fourth-order valence-electron chi connectivity index (χ4n) is 2.61. The van der Waals surface area contributed by atoms with Gasteiger partial charge in [-0.1, -0.05) is 19.1 Å². The number of carbonyl (C=O) groups is 2. The molecule has 1 unspecified atom stereocenters. The van der Waals surface area contributed by atoms with Crippen LogP contribution in [0, 0.1) is 5.82 Å². The normalized spacial score (nSPS) is 16.7. The molecule has 1 aliphatic rings. The topological polar surface area (TPSA) is 46.6 Å². The summed E-state index contributed by atoms with van der Waals surface area (Å²) >= 11 is 0. The van der Waals surface area contributed by atoms with Gasteiger partial charge in [0.15, 0.2) is 6.10 Å². The third-order valence-corrected chi connectivity index (χ3v) is 3.85. The largest absolute Gasteiger partial charge is 0.478 e. The van der Waals surface area contributed by atoms with Crippen molar-refractivity contribution in [3.8, 4) is 5.75 Å². The van der Waals surface area contributed by atoms with Gasteiger partial charge in [-0.3, -0.25) is 9.59 Å². The minimum Gasteiger partial charge on any atom is -0.478 e. The lowest BCUT2D eigenvalue weighted by Crippen LogP contribution is -2.45. The highest BCUT2D eigenvalue weighted by molar-refractivity contribution is 6.00. The molecule has 1 amide bonds. The van der Waals surface area contributed by atoms with Crippen LogP contribution in [-0.2, 0) is 11.3 Å². The number of carbonyl (C=O) groups excluding carboxylic acids is 2. The van der Waals surface area contributed by atoms with Gasteiger partial charge in [-0.15, -0.1) is 0 Å². The zero-order valence-electron chi connectivity index (χ0n) is 12.7. The van der Waals surface area contributed by atoms with Crippen molar-refractivity contribution in [1.29, 1.82) is 0 Å². The number of halogens is 1. The second-order valence-electron chi connectivity index (χ2n) is 5.41. The van der Waals surface area contributed by atoms with Crippen molar-refractivity contribution in [2.45, 2.75) is 26.0 Å². The molecule has 0 N–H and O–H groups in total. The maximum Gasteiger partial charge on any atom is 0.268 e. The average molecular weight is 313 g/mol. The molecular formula is C18H16FNO3. The van der Waals surface area contributed by atoms with Crippen molar-refractivity contribution in [2.24, 2.45) is 0 Å². The van der Waals surface area contributed by atoms with E-state index in [1.165, 1.54) is 12.1 Å². The predicted molar refractivity (Wildman–Crippen MR) is 84.1 cm³/mol. The number of fused-ring (bicyclic) bond motifs is 1. The van der Waals surface area contributed by atoms with Crippen molar-refractivity contribution in [3.05, 3.63) is 59.4 Å². The van der Waals surface area contributed by atoms with E-state index in [9.17, 15) is 14.0 Å². The minimum atomic E-state index is -0.551. The minimum absolute atomic E-state index is 0.160. The van der Waals surface area contributed by atoms with Crippen molar-refractivity contribution >= 4 is 17.9 Å². The Balaban J connectivity index is 2.00. The summed E-state index contributed by atoms with van der Waals surface area (Å²) in [4.78, 5) is 25.2. The number of nitrogens with zero attached hydrogens (tertiary/aromatic N) is 1. The smallest absolute Gasteiger partial charge is 0.268 e. The summed E-state index contributed by atoms with van der Waals surface area (Å²) in [5.74, 6) is 0.0914. The molecule has 4 nitrogen and oxygen atoms in total. The molecule has 0 saturated carbocycles. The van der Waals surface area contributed by atoms with Gasteiger partial charge in [0.25, 0.3) is 5.91 Å². The molecule has 2 aromatic carbocycles. The van der Waals surface area contributed by atoms with Crippen molar-refractivity contribution in [1.82, 2.24) is 0 Å². The van der Waals surface area contributed by atoms with Crippen LogP contribution in [0.3, 0.4) is 0 Å². The number of hydrogen-bond acceptors (Lipinski definition) is 3. The molecule has 1 atom stereocenters. The van der Waals surface area contributed by atoms with Crippen LogP contribution < -0.4 is 9.64 Å². The monoisotopic (exact) mass is 313 g/mol. The van der Waals surface area contributed by atoms with Gasteiger partial charge >= 0.3 is 0 Å². The first kappa shape index (κ1) is 15.2. The Kier molecular flexibility index (Phi) is 4.10. The van der Waals surface area contributed by atoms with Crippen LogP contribution in [0.1, 0.15) is 29.3 Å². The van der Waals surface area contributed by atoms with Gasteiger partial charge in [-0.25, -0.2) is 4.39 Å². The van der Waals surface area contributed by atoms with Crippen LogP contribution in [-0.4, -0.2) is 18.3 Å². The summed E-state index contributed by atoms with van der Waals surface area (Å²) in [6.45, 7) is 2.18. The third kappa shape index (κ3) is 2.95. The predicted octanol–water partition coefficient (Wildman–Crippen LogP) is 3.34. The number of benzene rings is 2. The fourth-order valence-corrected chi connectivity index (χ4v) is 2.61. The molecule has 3 rings (SSSR count). The molecule has 0 saturated heterocycles. The highest BCUT2D eigenvalue weighted by Gasteiger charge is 2.33. The number of aldehydes is 1. The lowest BCUT2D eigenvalue weighted by Gasteiger charge is -2.34. The lowest BCUT2D eigenvalue weighted by molar-refractivity contribution is -0.126. The first-order valence-corrected chi connectivity index (χ1v) is 7.44. The second kappa shape index (κ2) is 6.20. The van der Waals surface area contributed by atoms with Crippen molar-refractivity contribution < 1.29 is 18.7 Å². The standard InChI is InChI=1S/C18H16FNO3/c1-2-16-18(22)20(10-12-3-6-14(19)7-4-12)15-9-13(11-21)5-8-17(15)23-16/h3-9,11,16H,2,10H2,1H3. The number of rotatable bonds is 4. The molecule has 118 valence electrons. The summed E-state index contributed by atoms with van der Waals surface area (Å²) in [5.41, 5.74) is 1.84. The first-order valence-electron chi connectivity index (χ1n) is 7.44. The van der Waals surface area contributed by atoms with E-state index < -0.39 is 6.10 Å². The Morgan fingerprint density at radius 1 is 1.22 bits per heavy atom. The molecule has 1 aliphatic heterocycles. The summed E-state index contributed by atoms with van der Waals surface area (Å²) in [6, 6.07) is 11.0. The maximum atomic E-state index is 13.1. The second-order valence-corrected chi connectivity index (χ2v) is 5.41. The van der Waals surface area contributed by atoms with Gasteiger partial charge in [-0.05, 0) is 42.3 Å². The Bertz CT molecular complexity index is 742. The van der Waals surface area contributed by atoms with Gasteiger partial charge in [0.05, 0.1) is 12.2 Å². The first-order chi connectivity index (χ1) is 11.1. The highest BCUT2D eigenvalue weighted by Crippen LogP contribution is 2.36. The van der Waals surface area contributed by atoms with Crippen molar-refractivity contribution in [3.63, 3.8) is 0 Å². The summed E-state index contributed by atoms with van der Waals surface area (Å²) in [7, 11) is 0. The van der Waals surface area contributed by atoms with Gasteiger partial charge in [0.2, 0.25) is 0 Å². The Morgan fingerprint density at radius 2 is 1.96 bits per heavy atom. The van der Waals surface area contributed by atoms with Gasteiger partial charge in [0, 0.05) is 5.56 Å². The molecule has 23 heavy (non-hydrogen) atoms. The van der Waals surface area contributed by atoms with E-state index in [0.717, 1.165) is 11.8 Å². The van der Waals surface area contributed by atoms with E-state index in [1.807, 2.05) is 6.92 Å². The van der Waals surface area contributed by atoms with Crippen LogP contribution in [0.2, 0.25) is 0 Å².